The van der Waals surface area contributed by atoms with E-state index < -0.39 is 94.0 Å². The third-order valence-corrected chi connectivity index (χ3v) is 11.0. The topological polar surface area (TPSA) is 168 Å². The number of likely N-dealkylation sites (tertiary alicyclic amines) is 1. The highest BCUT2D eigenvalue weighted by Gasteiger charge is 2.61. The molecule has 1 saturated heterocycles. The summed E-state index contributed by atoms with van der Waals surface area (Å²) in [5.74, 6) is -7.62. The zero-order valence-corrected chi connectivity index (χ0v) is 31.3. The molecule has 3 fully saturated rings. The lowest BCUT2D eigenvalue weighted by Gasteiger charge is -2.32. The minimum atomic E-state index is -4.88. The summed E-state index contributed by atoms with van der Waals surface area (Å²) in [4.78, 5) is 60.2. The molecule has 0 radical (unpaired) electrons. The number of pyridine rings is 1. The Morgan fingerprint density at radius 2 is 1.79 bits per heavy atom. The van der Waals surface area contributed by atoms with Gasteiger partial charge >= 0.3 is 22.4 Å². The molecule has 292 valence electrons. The van der Waals surface area contributed by atoms with Gasteiger partial charge in [0.15, 0.2) is 5.78 Å². The molecule has 2 unspecified atom stereocenters. The fraction of sp³-hybridized carbons (Fsp3) is 0.639. The fourth-order valence-electron chi connectivity index (χ4n) is 6.92. The van der Waals surface area contributed by atoms with Gasteiger partial charge in [-0.1, -0.05) is 20.3 Å². The van der Waals surface area contributed by atoms with Gasteiger partial charge in [-0.2, -0.15) is 21.6 Å². The zero-order valence-electron chi connectivity index (χ0n) is 30.5. The van der Waals surface area contributed by atoms with Crippen molar-refractivity contribution < 1.29 is 59.2 Å². The number of fused-ring (bicyclic) bond motifs is 1. The first-order chi connectivity index (χ1) is 24.7. The van der Waals surface area contributed by atoms with Crippen molar-refractivity contribution in [3.8, 4) is 11.6 Å². The normalized spacial score (nSPS) is 24.3. The number of ketones is 1. The van der Waals surface area contributed by atoms with Crippen molar-refractivity contribution in [1.29, 1.82) is 0 Å². The molecule has 1 aliphatic heterocycles. The molecule has 1 aromatic heterocycles. The lowest BCUT2D eigenvalue weighted by molar-refractivity contribution is -0.193. The van der Waals surface area contributed by atoms with Gasteiger partial charge in [-0.15, -0.1) is 0 Å². The van der Waals surface area contributed by atoms with E-state index >= 15 is 0 Å². The van der Waals surface area contributed by atoms with Crippen molar-refractivity contribution in [2.75, 3.05) is 13.7 Å². The SMILES string of the molecule is CC[C@@H]1C[C@]1(CC(=O)[C@@H]1CC(Oc2nccc3cc(OC)ccc23)CN1C(=O)[C@@H](CC(=O)OC(C)(C)C)C(C)C(F)(F)F)C(=O)NS(=O)(=O)OC1CC1. The number of amides is 2. The Bertz CT molecular complexity index is 1850. The molecule has 1 aromatic carbocycles. The lowest BCUT2D eigenvalue weighted by Crippen LogP contribution is -2.49. The Morgan fingerprint density at radius 3 is 2.38 bits per heavy atom. The van der Waals surface area contributed by atoms with E-state index in [4.69, 9.17) is 18.4 Å². The minimum Gasteiger partial charge on any atom is -0.497 e. The van der Waals surface area contributed by atoms with Crippen LogP contribution in [0.5, 0.6) is 11.6 Å². The highest BCUT2D eigenvalue weighted by molar-refractivity contribution is 7.85. The highest BCUT2D eigenvalue weighted by Crippen LogP contribution is 2.58. The van der Waals surface area contributed by atoms with E-state index in [1.807, 2.05) is 4.72 Å². The summed E-state index contributed by atoms with van der Waals surface area (Å²) in [5.41, 5.74) is -2.48. The number of carbonyl (C=O) groups excluding carboxylic acids is 4. The van der Waals surface area contributed by atoms with Crippen LogP contribution in [0.25, 0.3) is 10.8 Å². The van der Waals surface area contributed by atoms with Gasteiger partial charge in [0.1, 0.15) is 17.5 Å². The first-order valence-electron chi connectivity index (χ1n) is 17.6. The van der Waals surface area contributed by atoms with Crippen LogP contribution in [0.15, 0.2) is 30.5 Å². The van der Waals surface area contributed by atoms with Crippen LogP contribution in [0.2, 0.25) is 0 Å². The molecule has 2 aromatic rings. The van der Waals surface area contributed by atoms with Gasteiger partial charge in [0.25, 0.3) is 0 Å². The van der Waals surface area contributed by atoms with E-state index in [-0.39, 0.29) is 31.2 Å². The number of hydrogen-bond acceptors (Lipinski definition) is 11. The smallest absolute Gasteiger partial charge is 0.392 e. The quantitative estimate of drug-likeness (QED) is 0.241. The van der Waals surface area contributed by atoms with E-state index in [1.54, 1.807) is 52.0 Å². The number of aromatic nitrogens is 1. The maximum absolute atomic E-state index is 14.3. The Balaban J connectivity index is 1.46. The first-order valence-corrected chi connectivity index (χ1v) is 19.0. The van der Waals surface area contributed by atoms with Crippen molar-refractivity contribution in [3.63, 3.8) is 0 Å². The van der Waals surface area contributed by atoms with Crippen LogP contribution in [-0.4, -0.2) is 85.6 Å². The van der Waals surface area contributed by atoms with Crippen molar-refractivity contribution in [1.82, 2.24) is 14.6 Å². The number of nitrogens with one attached hydrogen (secondary N) is 1. The minimum absolute atomic E-state index is 0.148. The van der Waals surface area contributed by atoms with E-state index in [1.165, 1.54) is 13.3 Å². The molecule has 3 aliphatic rings. The van der Waals surface area contributed by atoms with Crippen LogP contribution in [0, 0.1) is 23.2 Å². The van der Waals surface area contributed by atoms with E-state index in [0.29, 0.717) is 35.8 Å². The van der Waals surface area contributed by atoms with Crippen LogP contribution >= 0.6 is 0 Å². The summed E-state index contributed by atoms with van der Waals surface area (Å²) in [7, 11) is -2.95. The monoisotopic (exact) mass is 769 g/mol. The van der Waals surface area contributed by atoms with Crippen LogP contribution in [0.1, 0.15) is 79.6 Å². The Labute approximate surface area is 306 Å². The van der Waals surface area contributed by atoms with Gasteiger partial charge in [-0.3, -0.25) is 23.4 Å². The van der Waals surface area contributed by atoms with E-state index in [9.17, 15) is 40.8 Å². The van der Waals surface area contributed by atoms with Gasteiger partial charge in [-0.05, 0) is 75.6 Å². The largest absolute Gasteiger partial charge is 0.497 e. The summed E-state index contributed by atoms with van der Waals surface area (Å²) >= 11 is 0. The molecular weight excluding hydrogens is 723 g/mol. The Hall–Kier alpha value is -3.99. The average Bonchev–Trinajstić information content (AvgIpc) is 3.97. The van der Waals surface area contributed by atoms with E-state index in [0.717, 1.165) is 11.8 Å². The molecule has 53 heavy (non-hydrogen) atoms. The van der Waals surface area contributed by atoms with Crippen LogP contribution in [-0.2, 0) is 38.4 Å². The molecule has 17 heteroatoms. The number of alkyl halides is 3. The second-order valence-electron chi connectivity index (χ2n) is 15.2. The van der Waals surface area contributed by atoms with Gasteiger partial charge in [-0.25, -0.2) is 9.71 Å². The Morgan fingerprint density at radius 1 is 1.09 bits per heavy atom. The van der Waals surface area contributed by atoms with E-state index in [2.05, 4.69) is 4.98 Å². The van der Waals surface area contributed by atoms with Gasteiger partial charge in [0.05, 0.1) is 49.5 Å². The molecule has 1 N–H and O–H groups in total. The number of benzene rings is 1. The number of hydrogen-bond donors (Lipinski definition) is 1. The number of ether oxygens (including phenoxy) is 3. The molecule has 13 nitrogen and oxygen atoms in total. The molecule has 2 aliphatic carbocycles. The summed E-state index contributed by atoms with van der Waals surface area (Å²) in [6, 6.07) is 5.50. The van der Waals surface area contributed by atoms with Crippen molar-refractivity contribution in [2.24, 2.45) is 23.2 Å². The molecular formula is C36H46F3N3O10S. The molecule has 6 atom stereocenters. The predicted molar refractivity (Wildman–Crippen MR) is 184 cm³/mol. The number of carbonyl (C=O) groups is 4. The van der Waals surface area contributed by atoms with Gasteiger partial charge in [0.2, 0.25) is 17.7 Å². The first kappa shape index (κ1) is 40.2. The number of methoxy groups -OCH3 is 1. The zero-order chi connectivity index (χ0) is 39.1. The van der Waals surface area contributed by atoms with Crippen molar-refractivity contribution in [2.45, 2.75) is 110 Å². The number of esters is 1. The molecule has 0 spiro atoms. The fourth-order valence-corrected chi connectivity index (χ4v) is 7.95. The average molecular weight is 770 g/mol. The molecule has 2 heterocycles. The number of halogens is 3. The number of rotatable bonds is 15. The summed E-state index contributed by atoms with van der Waals surface area (Å²) in [6.45, 7) is 6.86. The number of Topliss-reactive ketones (excluding diaryl/α,β-unsaturated/α-hetero) is 1. The van der Waals surface area contributed by atoms with Crippen LogP contribution in [0.3, 0.4) is 0 Å². The molecule has 2 saturated carbocycles. The molecule has 5 rings (SSSR count). The third-order valence-electron chi connectivity index (χ3n) is 10.0. The maximum Gasteiger partial charge on any atom is 0.392 e. The highest BCUT2D eigenvalue weighted by atomic mass is 32.2. The second-order valence-corrected chi connectivity index (χ2v) is 16.5. The molecule has 2 amide bonds. The van der Waals surface area contributed by atoms with Crippen molar-refractivity contribution in [3.05, 3.63) is 30.5 Å². The van der Waals surface area contributed by atoms with Gasteiger partial charge in [0, 0.05) is 24.4 Å². The molecule has 0 bridgehead atoms. The third kappa shape index (κ3) is 9.58. The van der Waals surface area contributed by atoms with Gasteiger partial charge < -0.3 is 19.1 Å². The van der Waals surface area contributed by atoms with Crippen LogP contribution < -0.4 is 14.2 Å². The summed E-state index contributed by atoms with van der Waals surface area (Å²) in [5, 5.41) is 1.28. The maximum atomic E-state index is 14.3. The van der Waals surface area contributed by atoms with Crippen molar-refractivity contribution >= 4 is 44.6 Å². The summed E-state index contributed by atoms with van der Waals surface area (Å²) < 4.78 is 91.5. The second kappa shape index (κ2) is 15.0. The predicted octanol–water partition coefficient (Wildman–Crippen LogP) is 5.05. The number of nitrogens with zero attached hydrogens (tertiary/aromatic N) is 2. The lowest BCUT2D eigenvalue weighted by atomic mass is 9.87. The summed E-state index contributed by atoms with van der Waals surface area (Å²) in [6.07, 6.45) is -4.77. The Kier molecular flexibility index (Phi) is 11.4. The standard InChI is InChI=1S/C36H46F3N3O10S/c1-7-22-17-35(22,33(46)41-53(47,48)52-23-8-9-23)18-29(43)28-15-25(50-31-26-11-10-24(49-6)14-21(26)12-13-40-31)19-42(28)32(45)27(20(2)36(37,38)39)16-30(44)51-34(3,4)5/h10-14,20,22-23,25,27-28H,7-9,15-19H2,1-6H3,(H,41,46)/t20?,22-,25?,27+,28+,35-/m1/s1. The van der Waals surface area contributed by atoms with Crippen LogP contribution in [0.4, 0.5) is 13.2 Å².